The van der Waals surface area contributed by atoms with E-state index in [1.807, 2.05) is 49.6 Å². The zero-order valence-electron chi connectivity index (χ0n) is 14.4. The van der Waals surface area contributed by atoms with Crippen molar-refractivity contribution in [3.63, 3.8) is 0 Å². The summed E-state index contributed by atoms with van der Waals surface area (Å²) in [7, 11) is -1.56. The van der Waals surface area contributed by atoms with Crippen LogP contribution in [0.2, 0.25) is 0 Å². The first-order valence-electron chi connectivity index (χ1n) is 8.38. The van der Waals surface area contributed by atoms with E-state index in [1.165, 1.54) is 21.2 Å². The number of nitrogens with one attached hydrogen (secondary N) is 1. The molecule has 0 aliphatic rings. The number of aromatic nitrogens is 4. The van der Waals surface area contributed by atoms with Crippen molar-refractivity contribution in [2.75, 3.05) is 0 Å². The van der Waals surface area contributed by atoms with Crippen LogP contribution in [0, 0.1) is 0 Å². The van der Waals surface area contributed by atoms with Gasteiger partial charge in [0, 0.05) is 65.7 Å². The Kier molecular flexibility index (Phi) is 5.86. The lowest BCUT2D eigenvalue weighted by Gasteiger charge is -2.27. The Morgan fingerprint density at radius 1 is 0.407 bits per heavy atom. The molecule has 132 valence electrons. The fraction of sp³-hybridized carbons (Fsp3) is 0. The quantitative estimate of drug-likeness (QED) is 0.513. The molecule has 0 saturated carbocycles. The van der Waals surface area contributed by atoms with Crippen molar-refractivity contribution in [2.24, 2.45) is 0 Å². The van der Waals surface area contributed by atoms with Crippen molar-refractivity contribution < 1.29 is 0 Å². The van der Waals surface area contributed by atoms with Crippen LogP contribution in [0.1, 0.15) is 0 Å². The summed E-state index contributed by atoms with van der Waals surface area (Å²) in [6.45, 7) is 0. The third kappa shape index (κ3) is 4.40. The first-order valence-corrected chi connectivity index (χ1v) is 11.1. The van der Waals surface area contributed by atoms with Gasteiger partial charge in [0.25, 0.3) is 0 Å². The van der Waals surface area contributed by atoms with Gasteiger partial charge >= 0.3 is 0 Å². The molecule has 0 saturated heterocycles. The van der Waals surface area contributed by atoms with Gasteiger partial charge in [-0.15, -0.1) is 0 Å². The second-order valence-corrected chi connectivity index (χ2v) is 9.80. The molecule has 0 aromatic carbocycles. The molecule has 0 bridgehead atoms. The number of nitrogens with zero attached hydrogens (tertiary/aromatic N) is 4. The summed E-state index contributed by atoms with van der Waals surface area (Å²) in [6.07, 6.45) is 14.7. The van der Waals surface area contributed by atoms with Crippen LogP contribution in [0.3, 0.4) is 0 Å². The molecule has 0 amide bonds. The molecule has 7 heteroatoms. The van der Waals surface area contributed by atoms with Gasteiger partial charge in [0.15, 0.2) is 0 Å². The molecule has 0 aliphatic heterocycles. The van der Waals surface area contributed by atoms with E-state index in [4.69, 9.17) is 0 Å². The molecule has 0 atom stereocenters. The third-order valence-corrected chi connectivity index (χ3v) is 8.74. The highest BCUT2D eigenvalue weighted by Crippen LogP contribution is 2.41. The maximum absolute atomic E-state index is 4.18. The van der Waals surface area contributed by atoms with E-state index in [2.05, 4.69) is 73.3 Å². The summed E-state index contributed by atoms with van der Waals surface area (Å²) >= 11 is 0. The van der Waals surface area contributed by atoms with E-state index in [0.29, 0.717) is 0 Å². The van der Waals surface area contributed by atoms with Gasteiger partial charge in [-0.2, -0.15) is 0 Å². The van der Waals surface area contributed by atoms with Crippen LogP contribution in [-0.4, -0.2) is 19.9 Å². The molecule has 4 aromatic heterocycles. The maximum Gasteiger partial charge on any atom is 0.0297 e. The molecule has 0 radical (unpaired) electrons. The third-order valence-electron chi connectivity index (χ3n) is 3.88. The molecule has 5 nitrogen and oxygen atoms in total. The van der Waals surface area contributed by atoms with E-state index >= 15 is 0 Å². The zero-order chi connectivity index (χ0) is 18.3. The molecule has 4 heterocycles. The maximum atomic E-state index is 4.18. The number of hydrogen-bond donors (Lipinski definition) is 1. The Labute approximate surface area is 160 Å². The highest BCUT2D eigenvalue weighted by atomic mass is 31.2. The topological polar surface area (TPSA) is 63.6 Å². The second kappa shape index (κ2) is 8.88. The fourth-order valence-electron chi connectivity index (χ4n) is 2.60. The molecule has 27 heavy (non-hydrogen) atoms. The molecule has 0 unspecified atom stereocenters. The van der Waals surface area contributed by atoms with Gasteiger partial charge < -0.3 is 0 Å². The molecule has 4 aromatic rings. The molecule has 1 N–H and O–H groups in total. The average molecular weight is 389 g/mol. The van der Waals surface area contributed by atoms with Crippen LogP contribution in [0.15, 0.2) is 98.1 Å². The van der Waals surface area contributed by atoms with Gasteiger partial charge in [0.05, 0.1) is 0 Å². The predicted molar refractivity (Wildman–Crippen MR) is 112 cm³/mol. The van der Waals surface area contributed by atoms with Gasteiger partial charge in [-0.05, 0) is 69.7 Å². The van der Waals surface area contributed by atoms with Gasteiger partial charge in [-0.3, -0.25) is 24.8 Å². The molecule has 0 fully saturated rings. The number of pyridine rings is 4. The summed E-state index contributed by atoms with van der Waals surface area (Å²) in [5.41, 5.74) is 0. The van der Waals surface area contributed by atoms with Crippen molar-refractivity contribution in [1.82, 2.24) is 24.8 Å². The summed E-state index contributed by atoms with van der Waals surface area (Å²) in [5, 5.41) is 4.90. The Morgan fingerprint density at radius 3 is 0.852 bits per heavy atom. The molecule has 0 aliphatic carbocycles. The fourth-order valence-corrected chi connectivity index (χ4v) is 7.57. The Bertz CT molecular complexity index is 797. The van der Waals surface area contributed by atoms with E-state index in [-0.39, 0.29) is 0 Å². The van der Waals surface area contributed by atoms with E-state index in [0.717, 1.165) is 0 Å². The van der Waals surface area contributed by atoms with Gasteiger partial charge in [-0.25, -0.2) is 0 Å². The average Bonchev–Trinajstić information content (AvgIpc) is 2.77. The summed E-state index contributed by atoms with van der Waals surface area (Å²) in [4.78, 5) is 20.6. The van der Waals surface area contributed by atoms with E-state index in [1.54, 1.807) is 0 Å². The van der Waals surface area contributed by atoms with Gasteiger partial charge in [-0.1, -0.05) is 0 Å². The highest BCUT2D eigenvalue weighted by Gasteiger charge is 2.21. The van der Waals surface area contributed by atoms with Crippen LogP contribution in [-0.2, 0) is 0 Å². The van der Waals surface area contributed by atoms with Crippen molar-refractivity contribution >= 4 is 37.4 Å². The second-order valence-electron chi connectivity index (χ2n) is 5.59. The Hall–Kier alpha value is -2.58. The first kappa shape index (κ1) is 17.8. The summed E-state index contributed by atoms with van der Waals surface area (Å²) in [6, 6.07) is 16.6. The van der Waals surface area contributed by atoms with Crippen LogP contribution in [0.25, 0.3) is 0 Å². The predicted octanol–water partition coefficient (Wildman–Crippen LogP) is 2.25. The summed E-state index contributed by atoms with van der Waals surface area (Å²) < 4.78 is 0. The lowest BCUT2D eigenvalue weighted by Crippen LogP contribution is -2.27. The van der Waals surface area contributed by atoms with Crippen LogP contribution < -0.4 is 26.1 Å². The number of rotatable bonds is 6. The SMILES string of the molecule is c1cc(P(NP(c2ccncc2)c2ccncc2)c2ccncc2)ccn1. The molecule has 0 spiro atoms. The van der Waals surface area contributed by atoms with E-state index < -0.39 is 16.1 Å². The lowest BCUT2D eigenvalue weighted by atomic mass is 10.5. The van der Waals surface area contributed by atoms with Crippen LogP contribution >= 0.6 is 16.1 Å². The van der Waals surface area contributed by atoms with Crippen LogP contribution in [0.4, 0.5) is 0 Å². The molecule has 4 rings (SSSR count). The van der Waals surface area contributed by atoms with Crippen LogP contribution in [0.5, 0.6) is 0 Å². The zero-order valence-corrected chi connectivity index (χ0v) is 16.2. The van der Waals surface area contributed by atoms with Gasteiger partial charge in [0.1, 0.15) is 0 Å². The van der Waals surface area contributed by atoms with Gasteiger partial charge in [0.2, 0.25) is 0 Å². The van der Waals surface area contributed by atoms with Crippen molar-refractivity contribution in [3.05, 3.63) is 98.1 Å². The largest absolute Gasteiger partial charge is 0.265 e. The summed E-state index contributed by atoms with van der Waals surface area (Å²) in [5.74, 6) is 0. The standard InChI is InChI=1S/C20H17N5P2/c1-9-21-10-2-17(1)26(18-3-11-22-12-4-18)25-27(19-5-13-23-14-6-19)20-7-15-24-16-8-20/h1-16,25H. The van der Waals surface area contributed by atoms with Crippen molar-refractivity contribution in [3.8, 4) is 0 Å². The normalized spacial score (nSPS) is 11.0. The molecular weight excluding hydrogens is 372 g/mol. The first-order chi connectivity index (χ1) is 13.4. The Morgan fingerprint density at radius 2 is 0.630 bits per heavy atom. The minimum absolute atomic E-state index is 0.779. The Balaban J connectivity index is 1.77. The minimum Gasteiger partial charge on any atom is -0.265 e. The smallest absolute Gasteiger partial charge is 0.0297 e. The number of hydrogen-bond acceptors (Lipinski definition) is 5. The van der Waals surface area contributed by atoms with E-state index in [9.17, 15) is 0 Å². The monoisotopic (exact) mass is 389 g/mol. The highest BCUT2D eigenvalue weighted by molar-refractivity contribution is 7.85. The van der Waals surface area contributed by atoms with Crippen molar-refractivity contribution in [2.45, 2.75) is 0 Å². The lowest BCUT2D eigenvalue weighted by molar-refractivity contribution is 1.33. The van der Waals surface area contributed by atoms with Crippen molar-refractivity contribution in [1.29, 1.82) is 0 Å². The molecular formula is C20H17N5P2. The minimum atomic E-state index is -0.779.